The van der Waals surface area contributed by atoms with Gasteiger partial charge >= 0.3 is 11.6 Å². The number of rotatable bonds is 4. The summed E-state index contributed by atoms with van der Waals surface area (Å²) < 4.78 is 5.97. The topological polar surface area (TPSA) is 70.8 Å². The van der Waals surface area contributed by atoms with E-state index < -0.39 is 17.6 Å². The summed E-state index contributed by atoms with van der Waals surface area (Å²) in [6.45, 7) is 1.96. The maximum Gasteiger partial charge on any atom is 0.336 e. The monoisotopic (exact) mass is 339 g/mol. The molecule has 0 amide bonds. The summed E-state index contributed by atoms with van der Waals surface area (Å²) in [4.78, 5) is 24.2. The van der Waals surface area contributed by atoms with E-state index in [-0.39, 0.29) is 0 Å². The smallest absolute Gasteiger partial charge is 0.336 e. The molecule has 0 saturated heterocycles. The highest BCUT2D eigenvalue weighted by Crippen LogP contribution is 2.22. The molecule has 20 heavy (non-hydrogen) atoms. The molecule has 2 aromatic rings. The maximum absolute atomic E-state index is 11.6. The molecular weight excluding hydrogens is 326 g/mol. The summed E-state index contributed by atoms with van der Waals surface area (Å²) in [5.74, 6) is -0.900. The van der Waals surface area contributed by atoms with Crippen LogP contribution < -0.4 is 5.63 Å². The molecule has 0 aliphatic rings. The van der Waals surface area contributed by atoms with Crippen LogP contribution in [0.4, 0.5) is 0 Å². The molecule has 1 aromatic heterocycles. The molecule has 0 spiro atoms. The molecule has 1 N–H and O–H groups in total. The summed E-state index contributed by atoms with van der Waals surface area (Å²) in [6, 6.07) is 6.19. The molecule has 1 heterocycles. The van der Waals surface area contributed by atoms with Gasteiger partial charge in [-0.1, -0.05) is 15.9 Å². The lowest BCUT2D eigenvalue weighted by atomic mass is 10.1. The van der Waals surface area contributed by atoms with E-state index in [1.54, 1.807) is 24.9 Å². The first-order valence-electron chi connectivity index (χ1n) is 6.04. The second-order valence-electron chi connectivity index (χ2n) is 4.66. The number of carbonyl (C=O) groups is 1. The predicted octanol–water partition coefficient (Wildman–Crippen LogP) is 2.46. The highest BCUT2D eigenvalue weighted by molar-refractivity contribution is 9.10. The lowest BCUT2D eigenvalue weighted by Crippen LogP contribution is -2.35. The van der Waals surface area contributed by atoms with E-state index in [2.05, 4.69) is 15.9 Å². The van der Waals surface area contributed by atoms with Gasteiger partial charge in [0.1, 0.15) is 11.6 Å². The Morgan fingerprint density at radius 1 is 1.45 bits per heavy atom. The van der Waals surface area contributed by atoms with Gasteiger partial charge in [-0.15, -0.1) is 0 Å². The average Bonchev–Trinajstić information content (AvgIpc) is 2.36. The summed E-state index contributed by atoms with van der Waals surface area (Å²) in [6.07, 6.45) is 0. The van der Waals surface area contributed by atoms with Gasteiger partial charge in [-0.25, -0.2) is 4.79 Å². The third-order valence-electron chi connectivity index (χ3n) is 3.23. The Kier molecular flexibility index (Phi) is 4.25. The van der Waals surface area contributed by atoms with Crippen LogP contribution in [0.25, 0.3) is 11.0 Å². The summed E-state index contributed by atoms with van der Waals surface area (Å²) >= 11 is 3.32. The van der Waals surface area contributed by atoms with Crippen LogP contribution in [0, 0.1) is 0 Å². The van der Waals surface area contributed by atoms with Crippen LogP contribution >= 0.6 is 15.9 Å². The van der Waals surface area contributed by atoms with Gasteiger partial charge in [0.05, 0.1) is 0 Å². The molecule has 0 aliphatic carbocycles. The van der Waals surface area contributed by atoms with E-state index in [9.17, 15) is 9.59 Å². The number of carboxylic acid groups (broad SMARTS) is 1. The minimum Gasteiger partial charge on any atom is -0.480 e. The van der Waals surface area contributed by atoms with Crippen molar-refractivity contribution >= 4 is 32.9 Å². The van der Waals surface area contributed by atoms with Gasteiger partial charge in [-0.2, -0.15) is 0 Å². The Bertz CT molecular complexity index is 710. The van der Waals surface area contributed by atoms with Crippen LogP contribution in [0.3, 0.4) is 0 Å². The Morgan fingerprint density at radius 3 is 2.80 bits per heavy atom. The van der Waals surface area contributed by atoms with Gasteiger partial charge in [0, 0.05) is 22.5 Å². The third kappa shape index (κ3) is 3.08. The number of hydrogen-bond donors (Lipinski definition) is 1. The van der Waals surface area contributed by atoms with Crippen LogP contribution in [0.1, 0.15) is 12.5 Å². The minimum atomic E-state index is -0.900. The maximum atomic E-state index is 11.6. The number of halogens is 1. The Hall–Kier alpha value is -1.66. The van der Waals surface area contributed by atoms with E-state index in [1.165, 1.54) is 6.07 Å². The predicted molar refractivity (Wildman–Crippen MR) is 78.7 cm³/mol. The first kappa shape index (κ1) is 14.7. The fourth-order valence-corrected chi connectivity index (χ4v) is 2.27. The second kappa shape index (κ2) is 5.76. The van der Waals surface area contributed by atoms with Gasteiger partial charge in [0.2, 0.25) is 0 Å². The van der Waals surface area contributed by atoms with Crippen molar-refractivity contribution in [1.29, 1.82) is 0 Å². The van der Waals surface area contributed by atoms with Gasteiger partial charge in [0.25, 0.3) is 0 Å². The van der Waals surface area contributed by atoms with E-state index >= 15 is 0 Å². The molecule has 0 aliphatic heterocycles. The molecule has 0 saturated carbocycles. The van der Waals surface area contributed by atoms with Crippen molar-refractivity contribution in [3.05, 3.63) is 44.7 Å². The molecule has 0 radical (unpaired) electrons. The fraction of sp³-hybridized carbons (Fsp3) is 0.286. The number of fused-ring (bicyclic) bond motifs is 1. The Morgan fingerprint density at radius 2 is 2.15 bits per heavy atom. The van der Waals surface area contributed by atoms with Crippen molar-refractivity contribution < 1.29 is 14.3 Å². The van der Waals surface area contributed by atoms with Gasteiger partial charge in [0.15, 0.2) is 0 Å². The molecule has 0 bridgehead atoms. The zero-order chi connectivity index (χ0) is 14.9. The van der Waals surface area contributed by atoms with E-state index in [0.717, 1.165) is 15.4 Å². The van der Waals surface area contributed by atoms with Crippen molar-refractivity contribution in [3.8, 4) is 0 Å². The lowest BCUT2D eigenvalue weighted by Gasteiger charge is -2.21. The highest BCUT2D eigenvalue weighted by atomic mass is 79.9. The molecular formula is C14H14BrNO4. The SMILES string of the molecule is CC(C(=O)O)N(C)Cc1cc(=O)oc2cc(Br)ccc12. The van der Waals surface area contributed by atoms with E-state index in [0.29, 0.717) is 12.1 Å². The van der Waals surface area contributed by atoms with Gasteiger partial charge in [-0.05, 0) is 37.7 Å². The highest BCUT2D eigenvalue weighted by Gasteiger charge is 2.18. The number of carboxylic acids is 1. The summed E-state index contributed by atoms with van der Waals surface area (Å²) in [5, 5.41) is 9.81. The van der Waals surface area contributed by atoms with Crippen LogP contribution in [0.5, 0.6) is 0 Å². The van der Waals surface area contributed by atoms with Gasteiger partial charge < -0.3 is 9.52 Å². The van der Waals surface area contributed by atoms with Crippen LogP contribution in [-0.4, -0.2) is 29.1 Å². The number of benzene rings is 1. The van der Waals surface area contributed by atoms with E-state index in [1.807, 2.05) is 12.1 Å². The van der Waals surface area contributed by atoms with Crippen LogP contribution in [0.15, 0.2) is 37.9 Å². The van der Waals surface area contributed by atoms with Crippen molar-refractivity contribution in [1.82, 2.24) is 4.90 Å². The first-order chi connectivity index (χ1) is 9.38. The zero-order valence-corrected chi connectivity index (χ0v) is 12.7. The standard InChI is InChI=1S/C14H14BrNO4/c1-8(14(18)19)16(2)7-9-5-13(17)20-12-6-10(15)3-4-11(9)12/h3-6,8H,7H2,1-2H3,(H,18,19). The van der Waals surface area contributed by atoms with E-state index in [4.69, 9.17) is 9.52 Å². The third-order valence-corrected chi connectivity index (χ3v) is 3.72. The molecule has 0 fully saturated rings. The molecule has 6 heteroatoms. The fourth-order valence-electron chi connectivity index (χ4n) is 1.93. The number of likely N-dealkylation sites (N-methyl/N-ethyl adjacent to an activating group) is 1. The van der Waals surface area contributed by atoms with Crippen molar-refractivity contribution in [3.63, 3.8) is 0 Å². The normalized spacial score (nSPS) is 12.8. The number of hydrogen-bond acceptors (Lipinski definition) is 4. The summed E-state index contributed by atoms with van der Waals surface area (Å²) in [7, 11) is 1.71. The number of nitrogens with zero attached hydrogens (tertiary/aromatic N) is 1. The van der Waals surface area contributed by atoms with Crippen molar-refractivity contribution in [2.24, 2.45) is 0 Å². The molecule has 1 unspecified atom stereocenters. The van der Waals surface area contributed by atoms with Gasteiger partial charge in [-0.3, -0.25) is 9.69 Å². The van der Waals surface area contributed by atoms with Crippen molar-refractivity contribution in [2.75, 3.05) is 7.05 Å². The van der Waals surface area contributed by atoms with Crippen LogP contribution in [0.2, 0.25) is 0 Å². The zero-order valence-electron chi connectivity index (χ0n) is 11.1. The Labute approximate surface area is 123 Å². The molecule has 1 aromatic carbocycles. The lowest BCUT2D eigenvalue weighted by molar-refractivity contribution is -0.142. The Balaban J connectivity index is 2.44. The van der Waals surface area contributed by atoms with Crippen molar-refractivity contribution in [2.45, 2.75) is 19.5 Å². The molecule has 5 nitrogen and oxygen atoms in total. The summed E-state index contributed by atoms with van der Waals surface area (Å²) in [5.41, 5.74) is 0.791. The second-order valence-corrected chi connectivity index (χ2v) is 5.58. The largest absolute Gasteiger partial charge is 0.480 e. The first-order valence-corrected chi connectivity index (χ1v) is 6.83. The number of aliphatic carboxylic acids is 1. The quantitative estimate of drug-likeness (QED) is 0.866. The van der Waals surface area contributed by atoms with Crippen LogP contribution in [-0.2, 0) is 11.3 Å². The average molecular weight is 340 g/mol. The molecule has 106 valence electrons. The molecule has 2 rings (SSSR count). The minimum absolute atomic E-state index is 0.358. The molecule has 1 atom stereocenters.